The minimum Gasteiger partial charge on any atom is -0.449 e. The van der Waals surface area contributed by atoms with Crippen LogP contribution in [0.1, 0.15) is 40.6 Å². The van der Waals surface area contributed by atoms with Crippen molar-refractivity contribution >= 4 is 34.6 Å². The summed E-state index contributed by atoms with van der Waals surface area (Å²) in [6, 6.07) is 3.00. The molecular formula is C18H17FN2O5S. The molecule has 0 radical (unpaired) electrons. The Hall–Kier alpha value is -2.81. The highest BCUT2D eigenvalue weighted by molar-refractivity contribution is 7.10. The molecule has 0 aliphatic heterocycles. The van der Waals surface area contributed by atoms with Crippen LogP contribution in [-0.4, -0.2) is 22.9 Å². The minimum absolute atomic E-state index is 0.0453. The van der Waals surface area contributed by atoms with Gasteiger partial charge in [-0.25, -0.2) is 4.79 Å². The van der Waals surface area contributed by atoms with Crippen LogP contribution in [0.5, 0.6) is 0 Å². The van der Waals surface area contributed by atoms with E-state index in [0.29, 0.717) is 5.56 Å². The second-order valence-corrected chi connectivity index (χ2v) is 7.18. The normalized spacial score (nSPS) is 14.1. The molecule has 1 aromatic heterocycles. The summed E-state index contributed by atoms with van der Waals surface area (Å²) in [5.74, 6) is -2.23. The summed E-state index contributed by atoms with van der Waals surface area (Å²) in [6.45, 7) is 1.41. The molecule has 0 saturated heterocycles. The molecule has 0 bridgehead atoms. The molecule has 7 nitrogen and oxygen atoms in total. The van der Waals surface area contributed by atoms with Gasteiger partial charge >= 0.3 is 11.7 Å². The van der Waals surface area contributed by atoms with E-state index in [1.807, 2.05) is 0 Å². The van der Waals surface area contributed by atoms with E-state index >= 15 is 0 Å². The largest absolute Gasteiger partial charge is 0.449 e. The van der Waals surface area contributed by atoms with Gasteiger partial charge in [-0.05, 0) is 50.3 Å². The van der Waals surface area contributed by atoms with E-state index in [9.17, 15) is 24.1 Å². The summed E-state index contributed by atoms with van der Waals surface area (Å²) in [4.78, 5) is 35.7. The van der Waals surface area contributed by atoms with E-state index in [1.54, 1.807) is 5.38 Å². The van der Waals surface area contributed by atoms with Gasteiger partial charge in [0.15, 0.2) is 6.10 Å². The van der Waals surface area contributed by atoms with Crippen molar-refractivity contribution in [3.63, 3.8) is 0 Å². The molecule has 1 heterocycles. The first kappa shape index (κ1) is 19.0. The van der Waals surface area contributed by atoms with Crippen molar-refractivity contribution in [2.24, 2.45) is 0 Å². The van der Waals surface area contributed by atoms with Crippen molar-refractivity contribution in [1.29, 1.82) is 0 Å². The molecule has 0 spiro atoms. The highest BCUT2D eigenvalue weighted by Gasteiger charge is 2.25. The van der Waals surface area contributed by atoms with Crippen molar-refractivity contribution < 1.29 is 23.6 Å². The van der Waals surface area contributed by atoms with Crippen molar-refractivity contribution in [2.45, 2.75) is 38.7 Å². The summed E-state index contributed by atoms with van der Waals surface area (Å²) >= 11 is 1.52. The molecule has 0 fully saturated rings. The SMILES string of the molecule is CC(OC(=O)c1csc2c1CCCC2)C(=O)Nc1ccc(F)c([N+](=O)[O-])c1. The fraction of sp³-hybridized carbons (Fsp3) is 0.333. The highest BCUT2D eigenvalue weighted by Crippen LogP contribution is 2.31. The van der Waals surface area contributed by atoms with Gasteiger partial charge < -0.3 is 10.1 Å². The quantitative estimate of drug-likeness (QED) is 0.473. The molecule has 27 heavy (non-hydrogen) atoms. The number of nitro groups is 1. The molecule has 1 aliphatic carbocycles. The third kappa shape index (κ3) is 4.13. The lowest BCUT2D eigenvalue weighted by Gasteiger charge is -2.15. The monoisotopic (exact) mass is 392 g/mol. The van der Waals surface area contributed by atoms with Gasteiger partial charge in [0.05, 0.1) is 10.5 Å². The number of halogens is 1. The number of rotatable bonds is 5. The summed E-state index contributed by atoms with van der Waals surface area (Å²) in [5.41, 5.74) is 0.788. The van der Waals surface area contributed by atoms with Crippen molar-refractivity contribution in [1.82, 2.24) is 0 Å². The van der Waals surface area contributed by atoms with Crippen LogP contribution in [0.4, 0.5) is 15.8 Å². The lowest BCUT2D eigenvalue weighted by Crippen LogP contribution is -2.30. The van der Waals surface area contributed by atoms with Crippen LogP contribution in [0.3, 0.4) is 0 Å². The molecule has 1 atom stereocenters. The van der Waals surface area contributed by atoms with Crippen molar-refractivity contribution in [2.75, 3.05) is 5.32 Å². The topological polar surface area (TPSA) is 98.5 Å². The average Bonchev–Trinajstić information content (AvgIpc) is 3.07. The Morgan fingerprint density at radius 1 is 1.33 bits per heavy atom. The third-order valence-corrected chi connectivity index (χ3v) is 5.43. The van der Waals surface area contributed by atoms with Gasteiger partial charge in [0, 0.05) is 22.0 Å². The Morgan fingerprint density at radius 2 is 2.07 bits per heavy atom. The van der Waals surface area contributed by atoms with Gasteiger partial charge in [0.2, 0.25) is 5.82 Å². The number of nitrogens with zero attached hydrogens (tertiary/aromatic N) is 1. The Balaban J connectivity index is 1.66. The van der Waals surface area contributed by atoms with E-state index in [-0.39, 0.29) is 5.69 Å². The first-order chi connectivity index (χ1) is 12.9. The maximum Gasteiger partial charge on any atom is 0.340 e. The van der Waals surface area contributed by atoms with E-state index in [1.165, 1.54) is 29.2 Å². The third-order valence-electron chi connectivity index (χ3n) is 4.34. The fourth-order valence-corrected chi connectivity index (χ4v) is 4.03. The van der Waals surface area contributed by atoms with E-state index < -0.39 is 34.4 Å². The molecule has 1 unspecified atom stereocenters. The van der Waals surface area contributed by atoms with Gasteiger partial charge in [0.1, 0.15) is 0 Å². The standard InChI is InChI=1S/C18H17FN2O5S/c1-10(17(22)20-11-6-7-14(19)15(8-11)21(24)25)26-18(23)13-9-27-16-5-3-2-4-12(13)16/h6-10H,2-5H2,1H3,(H,20,22). The molecule has 3 rings (SSSR count). The molecule has 1 amide bonds. The number of esters is 1. The zero-order valence-corrected chi connectivity index (χ0v) is 15.3. The van der Waals surface area contributed by atoms with Gasteiger partial charge in [-0.3, -0.25) is 14.9 Å². The van der Waals surface area contributed by atoms with Crippen LogP contribution in [0, 0.1) is 15.9 Å². The van der Waals surface area contributed by atoms with Crippen molar-refractivity contribution in [3.05, 3.63) is 55.5 Å². The smallest absolute Gasteiger partial charge is 0.340 e. The number of nitro benzene ring substituents is 1. The molecule has 0 saturated carbocycles. The predicted molar refractivity (Wildman–Crippen MR) is 97.5 cm³/mol. The van der Waals surface area contributed by atoms with Gasteiger partial charge in [-0.1, -0.05) is 0 Å². The first-order valence-corrected chi connectivity index (χ1v) is 9.30. The number of hydrogen-bond donors (Lipinski definition) is 1. The van der Waals surface area contributed by atoms with E-state index in [4.69, 9.17) is 4.74 Å². The van der Waals surface area contributed by atoms with Gasteiger partial charge in [-0.2, -0.15) is 4.39 Å². The van der Waals surface area contributed by atoms with Crippen LogP contribution in [0.25, 0.3) is 0 Å². The number of amides is 1. The molecule has 1 N–H and O–H groups in total. The predicted octanol–water partition coefficient (Wildman–Crippen LogP) is 3.86. The average molecular weight is 392 g/mol. The van der Waals surface area contributed by atoms with Gasteiger partial charge in [-0.15, -0.1) is 11.3 Å². The zero-order valence-electron chi connectivity index (χ0n) is 14.5. The number of anilines is 1. The number of hydrogen-bond acceptors (Lipinski definition) is 6. The summed E-state index contributed by atoms with van der Waals surface area (Å²) < 4.78 is 18.6. The van der Waals surface area contributed by atoms with Crippen LogP contribution in [-0.2, 0) is 22.4 Å². The van der Waals surface area contributed by atoms with Crippen LogP contribution in [0.2, 0.25) is 0 Å². The number of carbonyl (C=O) groups is 2. The molecule has 2 aromatic rings. The lowest BCUT2D eigenvalue weighted by molar-refractivity contribution is -0.387. The fourth-order valence-electron chi connectivity index (χ4n) is 2.92. The Kier molecular flexibility index (Phi) is 5.50. The Labute approximate surface area is 158 Å². The second kappa shape index (κ2) is 7.83. The summed E-state index contributed by atoms with van der Waals surface area (Å²) in [6.07, 6.45) is 2.78. The van der Waals surface area contributed by atoms with Crippen molar-refractivity contribution in [3.8, 4) is 0 Å². The number of benzene rings is 1. The number of fused-ring (bicyclic) bond motifs is 1. The maximum absolute atomic E-state index is 13.4. The zero-order chi connectivity index (χ0) is 19.6. The molecule has 1 aromatic carbocycles. The molecular weight excluding hydrogens is 375 g/mol. The van der Waals surface area contributed by atoms with E-state index in [0.717, 1.165) is 43.4 Å². The second-order valence-electron chi connectivity index (χ2n) is 6.22. The number of nitrogens with one attached hydrogen (secondary N) is 1. The van der Waals surface area contributed by atoms with Gasteiger partial charge in [0.25, 0.3) is 5.91 Å². The molecule has 1 aliphatic rings. The number of carbonyl (C=O) groups excluding carboxylic acids is 2. The molecule has 9 heteroatoms. The Morgan fingerprint density at radius 3 is 2.81 bits per heavy atom. The highest BCUT2D eigenvalue weighted by atomic mass is 32.1. The maximum atomic E-state index is 13.4. The first-order valence-electron chi connectivity index (χ1n) is 8.42. The summed E-state index contributed by atoms with van der Waals surface area (Å²) in [7, 11) is 0. The molecule has 142 valence electrons. The number of aryl methyl sites for hydroxylation is 1. The number of thiophene rings is 1. The lowest BCUT2D eigenvalue weighted by atomic mass is 9.96. The number of ether oxygens (including phenoxy) is 1. The van der Waals surface area contributed by atoms with Crippen LogP contribution >= 0.6 is 11.3 Å². The Bertz CT molecular complexity index is 911. The summed E-state index contributed by atoms with van der Waals surface area (Å²) in [5, 5.41) is 14.9. The van der Waals surface area contributed by atoms with Crippen LogP contribution < -0.4 is 5.32 Å². The van der Waals surface area contributed by atoms with Crippen LogP contribution in [0.15, 0.2) is 23.6 Å². The van der Waals surface area contributed by atoms with E-state index in [2.05, 4.69) is 5.32 Å². The minimum atomic E-state index is -1.11.